The Bertz CT molecular complexity index is 385. The predicted molar refractivity (Wildman–Crippen MR) is 70.3 cm³/mol. The molecule has 4 heteroatoms. The van der Waals surface area contributed by atoms with Crippen LogP contribution in [-0.2, 0) is 19.1 Å². The van der Waals surface area contributed by atoms with Crippen LogP contribution in [0.1, 0.15) is 46.5 Å². The highest BCUT2D eigenvalue weighted by Crippen LogP contribution is 2.34. The van der Waals surface area contributed by atoms with Crippen LogP contribution in [0.4, 0.5) is 0 Å². The molecule has 0 aromatic carbocycles. The summed E-state index contributed by atoms with van der Waals surface area (Å²) in [5.74, 6) is -0.208. The van der Waals surface area contributed by atoms with Gasteiger partial charge in [0.15, 0.2) is 0 Å². The van der Waals surface area contributed by atoms with Gasteiger partial charge in [0.1, 0.15) is 6.10 Å². The van der Waals surface area contributed by atoms with Gasteiger partial charge in [0.05, 0.1) is 11.7 Å². The summed E-state index contributed by atoms with van der Waals surface area (Å²) in [6.07, 6.45) is 6.08. The molecule has 19 heavy (non-hydrogen) atoms. The van der Waals surface area contributed by atoms with E-state index in [0.717, 1.165) is 25.7 Å². The van der Waals surface area contributed by atoms with E-state index in [4.69, 9.17) is 9.47 Å². The molecule has 2 aliphatic rings. The van der Waals surface area contributed by atoms with E-state index >= 15 is 0 Å². The summed E-state index contributed by atoms with van der Waals surface area (Å²) in [6, 6.07) is 0. The molecule has 1 heterocycles. The van der Waals surface area contributed by atoms with Gasteiger partial charge in [-0.25, -0.2) is 0 Å². The molecule has 0 amide bonds. The summed E-state index contributed by atoms with van der Waals surface area (Å²) in [4.78, 5) is 24.0. The van der Waals surface area contributed by atoms with Crippen molar-refractivity contribution in [2.45, 2.75) is 58.7 Å². The fourth-order valence-electron chi connectivity index (χ4n) is 2.59. The molecule has 0 N–H and O–H groups in total. The summed E-state index contributed by atoms with van der Waals surface area (Å²) in [6.45, 7) is 5.34. The molecule has 0 saturated heterocycles. The Morgan fingerprint density at radius 2 is 1.95 bits per heavy atom. The number of hydrogen-bond donors (Lipinski definition) is 0. The highest BCUT2D eigenvalue weighted by molar-refractivity contribution is 5.96. The second-order valence-electron chi connectivity index (χ2n) is 6.43. The van der Waals surface area contributed by atoms with Crippen LogP contribution in [0, 0.1) is 11.3 Å². The Morgan fingerprint density at radius 1 is 1.32 bits per heavy atom. The van der Waals surface area contributed by atoms with E-state index in [1.54, 1.807) is 20.8 Å². The van der Waals surface area contributed by atoms with E-state index in [-0.39, 0.29) is 17.9 Å². The Labute approximate surface area is 114 Å². The van der Waals surface area contributed by atoms with Gasteiger partial charge in [-0.15, -0.1) is 0 Å². The molecule has 0 aromatic rings. The first kappa shape index (κ1) is 14.1. The first-order valence-electron chi connectivity index (χ1n) is 6.96. The minimum Gasteiger partial charge on any atom is -0.493 e. The SMILES string of the molecule is CC(C)(C)C(=O)O[C@H]1C(=O)C=CO[C@H]1C1CCCC1. The maximum Gasteiger partial charge on any atom is 0.312 e. The molecule has 0 aromatic heterocycles. The third kappa shape index (κ3) is 3.17. The maximum atomic E-state index is 12.0. The zero-order chi connectivity index (χ0) is 14.0. The summed E-state index contributed by atoms with van der Waals surface area (Å²) in [5, 5.41) is 0. The molecule has 1 saturated carbocycles. The van der Waals surface area contributed by atoms with E-state index in [0.29, 0.717) is 5.92 Å². The lowest BCUT2D eigenvalue weighted by molar-refractivity contribution is -0.172. The highest BCUT2D eigenvalue weighted by atomic mass is 16.6. The first-order valence-corrected chi connectivity index (χ1v) is 6.96. The van der Waals surface area contributed by atoms with Crippen molar-refractivity contribution in [1.29, 1.82) is 0 Å². The van der Waals surface area contributed by atoms with Crippen LogP contribution in [-0.4, -0.2) is 24.0 Å². The number of esters is 1. The fraction of sp³-hybridized carbons (Fsp3) is 0.733. The summed E-state index contributed by atoms with van der Waals surface area (Å²) in [5.41, 5.74) is -0.609. The molecule has 0 radical (unpaired) electrons. The molecule has 4 nitrogen and oxygen atoms in total. The van der Waals surface area contributed by atoms with Crippen molar-refractivity contribution in [2.75, 3.05) is 0 Å². The van der Waals surface area contributed by atoms with Crippen molar-refractivity contribution in [2.24, 2.45) is 11.3 Å². The van der Waals surface area contributed by atoms with E-state index in [1.807, 2.05) is 0 Å². The minimum atomic E-state index is -0.778. The number of hydrogen-bond acceptors (Lipinski definition) is 4. The van der Waals surface area contributed by atoms with Crippen molar-refractivity contribution in [3.8, 4) is 0 Å². The average molecular weight is 266 g/mol. The van der Waals surface area contributed by atoms with E-state index in [9.17, 15) is 9.59 Å². The lowest BCUT2D eigenvalue weighted by Crippen LogP contribution is -2.46. The molecular weight excluding hydrogens is 244 g/mol. The fourth-order valence-corrected chi connectivity index (χ4v) is 2.59. The number of carbonyl (C=O) groups is 2. The van der Waals surface area contributed by atoms with Crippen LogP contribution in [0.2, 0.25) is 0 Å². The van der Waals surface area contributed by atoms with Crippen LogP contribution in [0.3, 0.4) is 0 Å². The van der Waals surface area contributed by atoms with Crippen LogP contribution >= 0.6 is 0 Å². The number of rotatable bonds is 2. The minimum absolute atomic E-state index is 0.166. The third-order valence-electron chi connectivity index (χ3n) is 3.76. The van der Waals surface area contributed by atoms with E-state index in [1.165, 1.54) is 12.3 Å². The van der Waals surface area contributed by atoms with E-state index in [2.05, 4.69) is 0 Å². The lowest BCUT2D eigenvalue weighted by Gasteiger charge is -2.33. The van der Waals surface area contributed by atoms with Gasteiger partial charge in [0, 0.05) is 6.08 Å². The predicted octanol–water partition coefficient (Wildman–Crippen LogP) is 2.62. The van der Waals surface area contributed by atoms with Crippen molar-refractivity contribution >= 4 is 11.8 Å². The molecule has 0 bridgehead atoms. The average Bonchev–Trinajstić information content (AvgIpc) is 2.83. The summed E-state index contributed by atoms with van der Waals surface area (Å²) >= 11 is 0. The van der Waals surface area contributed by atoms with Gasteiger partial charge >= 0.3 is 5.97 Å². The van der Waals surface area contributed by atoms with Gasteiger partial charge in [-0.05, 0) is 39.5 Å². The van der Waals surface area contributed by atoms with Crippen LogP contribution < -0.4 is 0 Å². The number of carbonyl (C=O) groups excluding carboxylic acids is 2. The second kappa shape index (κ2) is 5.35. The largest absolute Gasteiger partial charge is 0.493 e. The Hall–Kier alpha value is -1.32. The lowest BCUT2D eigenvalue weighted by atomic mass is 9.91. The van der Waals surface area contributed by atoms with Crippen molar-refractivity contribution < 1.29 is 19.1 Å². The van der Waals surface area contributed by atoms with Gasteiger partial charge in [0.2, 0.25) is 11.9 Å². The molecule has 1 aliphatic heterocycles. The first-order chi connectivity index (χ1) is 8.89. The van der Waals surface area contributed by atoms with Gasteiger partial charge in [0.25, 0.3) is 0 Å². The van der Waals surface area contributed by atoms with Crippen molar-refractivity contribution in [3.63, 3.8) is 0 Å². The third-order valence-corrected chi connectivity index (χ3v) is 3.76. The van der Waals surface area contributed by atoms with Crippen LogP contribution in [0.15, 0.2) is 12.3 Å². The van der Waals surface area contributed by atoms with Gasteiger partial charge in [-0.1, -0.05) is 12.8 Å². The molecular formula is C15H22O4. The van der Waals surface area contributed by atoms with E-state index < -0.39 is 11.5 Å². The molecule has 0 unspecified atom stereocenters. The molecule has 1 aliphatic carbocycles. The molecule has 2 atom stereocenters. The normalized spacial score (nSPS) is 28.3. The Kier molecular flexibility index (Phi) is 3.97. The number of ketones is 1. The van der Waals surface area contributed by atoms with Crippen molar-refractivity contribution in [1.82, 2.24) is 0 Å². The highest BCUT2D eigenvalue weighted by Gasteiger charge is 2.41. The van der Waals surface area contributed by atoms with Crippen LogP contribution in [0.25, 0.3) is 0 Å². The van der Waals surface area contributed by atoms with Gasteiger partial charge in [-0.2, -0.15) is 0 Å². The van der Waals surface area contributed by atoms with Gasteiger partial charge in [-0.3, -0.25) is 9.59 Å². The standard InChI is InChI=1S/C15H22O4/c1-15(2,3)14(17)19-13-11(16)8-9-18-12(13)10-6-4-5-7-10/h8-10,12-13H,4-7H2,1-3H3/t12-,13-/m0/s1. The quantitative estimate of drug-likeness (QED) is 0.721. The monoisotopic (exact) mass is 266 g/mol. The smallest absolute Gasteiger partial charge is 0.312 e. The van der Waals surface area contributed by atoms with Crippen molar-refractivity contribution in [3.05, 3.63) is 12.3 Å². The Morgan fingerprint density at radius 3 is 2.53 bits per heavy atom. The summed E-state index contributed by atoms with van der Waals surface area (Å²) in [7, 11) is 0. The molecule has 2 rings (SSSR count). The molecule has 0 spiro atoms. The maximum absolute atomic E-state index is 12.0. The topological polar surface area (TPSA) is 52.6 Å². The summed E-state index contributed by atoms with van der Waals surface area (Å²) < 4.78 is 11.0. The second-order valence-corrected chi connectivity index (χ2v) is 6.43. The number of ether oxygens (including phenoxy) is 2. The Balaban J connectivity index is 2.11. The molecule has 1 fully saturated rings. The van der Waals surface area contributed by atoms with Gasteiger partial charge < -0.3 is 9.47 Å². The molecule has 106 valence electrons. The zero-order valence-corrected chi connectivity index (χ0v) is 11.8. The zero-order valence-electron chi connectivity index (χ0n) is 11.8. The van der Waals surface area contributed by atoms with Crippen LogP contribution in [0.5, 0.6) is 0 Å².